The van der Waals surface area contributed by atoms with E-state index in [4.69, 9.17) is 5.11 Å². The van der Waals surface area contributed by atoms with Gasteiger partial charge in [0.1, 0.15) is 0 Å². The third kappa shape index (κ3) is 1.32. The molecule has 0 heterocycles. The average molecular weight is 172 g/mol. The Hall–Kier alpha value is -0.960. The van der Waals surface area contributed by atoms with E-state index in [0.29, 0.717) is 5.56 Å². The van der Waals surface area contributed by atoms with Gasteiger partial charge in [-0.3, -0.25) is 0 Å². The maximum absolute atomic E-state index is 13.0. The van der Waals surface area contributed by atoms with Crippen molar-refractivity contribution < 1.29 is 13.9 Å². The number of hydrogen-bond acceptors (Lipinski definition) is 1. The quantitative estimate of drug-likeness (QED) is 0.687. The first-order chi connectivity index (χ1) is 5.57. The molecule has 0 aliphatic heterocycles. The molecule has 0 bridgehead atoms. The van der Waals surface area contributed by atoms with E-state index in [1.165, 1.54) is 19.9 Å². The Balaban J connectivity index is 3.39. The van der Waals surface area contributed by atoms with Crippen LogP contribution in [0, 0.1) is 25.5 Å². The van der Waals surface area contributed by atoms with E-state index in [1.807, 2.05) is 0 Å². The standard InChI is InChI=1S/C9H10F2O/c1-5-3-7(4-12)6(2)9(11)8(5)10/h3,12H,4H2,1-2H3. The first kappa shape index (κ1) is 9.13. The summed E-state index contributed by atoms with van der Waals surface area (Å²) in [7, 11) is 0. The van der Waals surface area contributed by atoms with Crippen LogP contribution in [0.5, 0.6) is 0 Å². The first-order valence-corrected chi connectivity index (χ1v) is 3.63. The zero-order valence-corrected chi connectivity index (χ0v) is 6.99. The number of rotatable bonds is 1. The molecule has 0 radical (unpaired) electrons. The van der Waals surface area contributed by atoms with Crippen LogP contribution in [-0.4, -0.2) is 5.11 Å². The van der Waals surface area contributed by atoms with Crippen molar-refractivity contribution >= 4 is 0 Å². The number of aliphatic hydroxyl groups is 1. The Labute approximate surface area is 69.7 Å². The van der Waals surface area contributed by atoms with E-state index in [0.717, 1.165) is 0 Å². The fourth-order valence-electron chi connectivity index (χ4n) is 1.08. The zero-order valence-electron chi connectivity index (χ0n) is 6.99. The molecule has 0 aromatic heterocycles. The molecule has 66 valence electrons. The van der Waals surface area contributed by atoms with Crippen LogP contribution >= 0.6 is 0 Å². The summed E-state index contributed by atoms with van der Waals surface area (Å²) in [6, 6.07) is 1.45. The van der Waals surface area contributed by atoms with Crippen molar-refractivity contribution in [2.45, 2.75) is 20.5 Å². The first-order valence-electron chi connectivity index (χ1n) is 3.63. The number of benzene rings is 1. The van der Waals surface area contributed by atoms with Gasteiger partial charge in [-0.1, -0.05) is 6.07 Å². The van der Waals surface area contributed by atoms with Crippen molar-refractivity contribution in [3.05, 3.63) is 34.4 Å². The number of aryl methyl sites for hydroxylation is 1. The highest BCUT2D eigenvalue weighted by Crippen LogP contribution is 2.19. The predicted octanol–water partition coefficient (Wildman–Crippen LogP) is 2.07. The highest BCUT2D eigenvalue weighted by molar-refractivity contribution is 5.32. The molecule has 0 amide bonds. The van der Waals surface area contributed by atoms with Crippen LogP contribution in [0.3, 0.4) is 0 Å². The Morgan fingerprint density at radius 2 is 1.83 bits per heavy atom. The van der Waals surface area contributed by atoms with Gasteiger partial charge in [0.05, 0.1) is 6.61 Å². The lowest BCUT2D eigenvalue weighted by atomic mass is 10.1. The molecule has 0 unspecified atom stereocenters. The fraction of sp³-hybridized carbons (Fsp3) is 0.333. The summed E-state index contributed by atoms with van der Waals surface area (Å²) in [4.78, 5) is 0. The topological polar surface area (TPSA) is 20.2 Å². The molecule has 0 saturated heterocycles. The summed E-state index contributed by atoms with van der Waals surface area (Å²) in [5.74, 6) is -1.69. The SMILES string of the molecule is Cc1cc(CO)c(C)c(F)c1F. The van der Waals surface area contributed by atoms with Gasteiger partial charge in [-0.15, -0.1) is 0 Å². The lowest BCUT2D eigenvalue weighted by Gasteiger charge is -2.06. The molecule has 0 atom stereocenters. The maximum Gasteiger partial charge on any atom is 0.162 e. The highest BCUT2D eigenvalue weighted by Gasteiger charge is 2.11. The van der Waals surface area contributed by atoms with Gasteiger partial charge in [0, 0.05) is 0 Å². The van der Waals surface area contributed by atoms with Gasteiger partial charge >= 0.3 is 0 Å². The van der Waals surface area contributed by atoms with Crippen molar-refractivity contribution in [3.8, 4) is 0 Å². The van der Waals surface area contributed by atoms with Gasteiger partial charge in [-0.2, -0.15) is 0 Å². The summed E-state index contributed by atoms with van der Waals surface area (Å²) >= 11 is 0. The van der Waals surface area contributed by atoms with E-state index >= 15 is 0 Å². The highest BCUT2D eigenvalue weighted by atomic mass is 19.2. The van der Waals surface area contributed by atoms with Crippen LogP contribution in [0.15, 0.2) is 6.07 Å². The summed E-state index contributed by atoms with van der Waals surface area (Å²) in [6.07, 6.45) is 0. The second kappa shape index (κ2) is 3.19. The number of aliphatic hydroxyl groups excluding tert-OH is 1. The Kier molecular flexibility index (Phi) is 2.43. The van der Waals surface area contributed by atoms with Crippen molar-refractivity contribution in [1.29, 1.82) is 0 Å². The summed E-state index contributed by atoms with van der Waals surface area (Å²) in [6.45, 7) is 2.66. The molecule has 0 spiro atoms. The van der Waals surface area contributed by atoms with Gasteiger partial charge < -0.3 is 5.11 Å². The van der Waals surface area contributed by atoms with E-state index < -0.39 is 11.6 Å². The molecule has 1 rings (SSSR count). The fourth-order valence-corrected chi connectivity index (χ4v) is 1.08. The molecular formula is C9H10F2O. The molecule has 3 heteroatoms. The zero-order chi connectivity index (χ0) is 9.30. The minimum atomic E-state index is -0.862. The van der Waals surface area contributed by atoms with Crippen LogP contribution in [0.4, 0.5) is 8.78 Å². The van der Waals surface area contributed by atoms with Crippen molar-refractivity contribution in [3.63, 3.8) is 0 Å². The van der Waals surface area contributed by atoms with Crippen LogP contribution in [-0.2, 0) is 6.61 Å². The van der Waals surface area contributed by atoms with Crippen molar-refractivity contribution in [1.82, 2.24) is 0 Å². The second-order valence-corrected chi connectivity index (χ2v) is 2.76. The van der Waals surface area contributed by atoms with E-state index in [-0.39, 0.29) is 17.7 Å². The Morgan fingerprint density at radius 1 is 1.25 bits per heavy atom. The van der Waals surface area contributed by atoms with E-state index in [9.17, 15) is 8.78 Å². The molecule has 0 saturated carbocycles. The number of halogens is 2. The predicted molar refractivity (Wildman–Crippen MR) is 41.8 cm³/mol. The lowest BCUT2D eigenvalue weighted by Crippen LogP contribution is -1.99. The van der Waals surface area contributed by atoms with Crippen molar-refractivity contribution in [2.24, 2.45) is 0 Å². The third-order valence-electron chi connectivity index (χ3n) is 1.91. The van der Waals surface area contributed by atoms with Crippen LogP contribution < -0.4 is 0 Å². The minimum absolute atomic E-state index is 0.181. The molecule has 1 aromatic rings. The van der Waals surface area contributed by atoms with Gasteiger partial charge in [0.15, 0.2) is 11.6 Å². The Morgan fingerprint density at radius 3 is 2.33 bits per heavy atom. The van der Waals surface area contributed by atoms with Gasteiger partial charge in [-0.25, -0.2) is 8.78 Å². The summed E-state index contributed by atoms with van der Waals surface area (Å²) in [5.41, 5.74) is 0.842. The Bertz CT molecular complexity index is 308. The molecule has 12 heavy (non-hydrogen) atoms. The van der Waals surface area contributed by atoms with Gasteiger partial charge in [0.2, 0.25) is 0 Å². The average Bonchev–Trinajstić information content (AvgIpc) is 2.08. The summed E-state index contributed by atoms with van der Waals surface area (Å²) < 4.78 is 25.8. The van der Waals surface area contributed by atoms with Gasteiger partial charge in [0.25, 0.3) is 0 Å². The molecule has 1 nitrogen and oxygen atoms in total. The van der Waals surface area contributed by atoms with Gasteiger partial charge in [-0.05, 0) is 30.5 Å². The molecular weight excluding hydrogens is 162 g/mol. The normalized spacial score (nSPS) is 10.4. The van der Waals surface area contributed by atoms with Crippen LogP contribution in [0.25, 0.3) is 0 Å². The molecule has 0 aliphatic carbocycles. The lowest BCUT2D eigenvalue weighted by molar-refractivity contribution is 0.279. The number of hydrogen-bond donors (Lipinski definition) is 1. The second-order valence-electron chi connectivity index (χ2n) is 2.76. The molecule has 1 N–H and O–H groups in total. The van der Waals surface area contributed by atoms with Crippen LogP contribution in [0.2, 0.25) is 0 Å². The van der Waals surface area contributed by atoms with E-state index in [1.54, 1.807) is 0 Å². The molecule has 0 fully saturated rings. The summed E-state index contributed by atoms with van der Waals surface area (Å²) in [5, 5.41) is 8.77. The third-order valence-corrected chi connectivity index (χ3v) is 1.91. The largest absolute Gasteiger partial charge is 0.392 e. The minimum Gasteiger partial charge on any atom is -0.392 e. The van der Waals surface area contributed by atoms with E-state index in [2.05, 4.69) is 0 Å². The smallest absolute Gasteiger partial charge is 0.162 e. The maximum atomic E-state index is 13.0. The molecule has 0 aliphatic rings. The monoisotopic (exact) mass is 172 g/mol. The van der Waals surface area contributed by atoms with Crippen molar-refractivity contribution in [2.75, 3.05) is 0 Å². The van der Waals surface area contributed by atoms with Crippen LogP contribution in [0.1, 0.15) is 16.7 Å². The molecule has 1 aromatic carbocycles.